The molecule has 0 radical (unpaired) electrons. The average Bonchev–Trinajstić information content (AvgIpc) is 3.34. The Morgan fingerprint density at radius 3 is 2.56 bits per heavy atom. The molecule has 1 unspecified atom stereocenters. The standard InChI is InChI=1S/C25H24FNO4S/c1-15-20(12-16-5-8-18(9-6-16)32(2)31)19-10-7-17(26)13-22(19)21(15)14-24(28)27-11-3-4-23(27)25(29)30/h5-10,12-13,23H,3-4,11,14H2,1-2H3,(H,29,30)/t23-,32?/m0/s1. The van der Waals surface area contributed by atoms with Crippen molar-refractivity contribution in [3.8, 4) is 0 Å². The monoisotopic (exact) mass is 453 g/mol. The Hall–Kier alpha value is -3.06. The first-order valence-electron chi connectivity index (χ1n) is 10.4. The fourth-order valence-electron chi connectivity index (χ4n) is 4.48. The van der Waals surface area contributed by atoms with Gasteiger partial charge in [-0.2, -0.15) is 0 Å². The molecule has 2 aromatic rings. The molecule has 166 valence electrons. The highest BCUT2D eigenvalue weighted by Gasteiger charge is 2.35. The minimum atomic E-state index is -1.06. The lowest BCUT2D eigenvalue weighted by Gasteiger charge is -2.22. The molecule has 0 aromatic heterocycles. The first-order chi connectivity index (χ1) is 15.3. The molecule has 1 aliphatic carbocycles. The number of halogens is 1. The topological polar surface area (TPSA) is 74.7 Å². The fourth-order valence-corrected chi connectivity index (χ4v) is 5.00. The molecular weight excluding hydrogens is 429 g/mol. The molecule has 0 spiro atoms. The van der Waals surface area contributed by atoms with Gasteiger partial charge in [0.15, 0.2) is 0 Å². The van der Waals surface area contributed by atoms with Crippen molar-refractivity contribution in [2.45, 2.75) is 37.1 Å². The van der Waals surface area contributed by atoms with Crippen molar-refractivity contribution < 1.29 is 23.3 Å². The molecule has 4 rings (SSSR count). The first kappa shape index (κ1) is 22.1. The van der Waals surface area contributed by atoms with Crippen LogP contribution in [0.5, 0.6) is 0 Å². The van der Waals surface area contributed by atoms with Gasteiger partial charge in [-0.05, 0) is 83.5 Å². The summed E-state index contributed by atoms with van der Waals surface area (Å²) in [5.74, 6) is -1.63. The molecule has 0 saturated carbocycles. The summed E-state index contributed by atoms with van der Waals surface area (Å²) in [6.45, 7) is 2.33. The molecule has 1 fully saturated rings. The number of nitrogens with zero attached hydrogens (tertiary/aromatic N) is 1. The highest BCUT2D eigenvalue weighted by molar-refractivity contribution is 7.84. The fraction of sp³-hybridized carbons (Fsp3) is 0.280. The number of rotatable bonds is 5. The normalized spacial score (nSPS) is 20.0. The van der Waals surface area contributed by atoms with Gasteiger partial charge in [0.05, 0.1) is 6.42 Å². The number of benzene rings is 2. The van der Waals surface area contributed by atoms with Gasteiger partial charge in [-0.3, -0.25) is 9.00 Å². The Kier molecular flexibility index (Phi) is 6.11. The van der Waals surface area contributed by atoms with E-state index in [1.807, 2.05) is 37.3 Å². The highest BCUT2D eigenvalue weighted by atomic mass is 32.2. The summed E-state index contributed by atoms with van der Waals surface area (Å²) >= 11 is 0. The maximum absolute atomic E-state index is 14.1. The summed E-state index contributed by atoms with van der Waals surface area (Å²) in [4.78, 5) is 26.7. The molecule has 7 heteroatoms. The zero-order chi connectivity index (χ0) is 23.0. The molecule has 5 nitrogen and oxygen atoms in total. The molecule has 2 aromatic carbocycles. The Labute approximate surface area is 188 Å². The van der Waals surface area contributed by atoms with E-state index >= 15 is 0 Å². The summed E-state index contributed by atoms with van der Waals surface area (Å²) in [6.07, 6.45) is 4.74. The number of amides is 1. The minimum Gasteiger partial charge on any atom is -0.480 e. The summed E-state index contributed by atoms with van der Waals surface area (Å²) in [5.41, 5.74) is 4.89. The van der Waals surface area contributed by atoms with Crippen LogP contribution in [-0.2, 0) is 20.4 Å². The van der Waals surface area contributed by atoms with Gasteiger partial charge >= 0.3 is 5.97 Å². The lowest BCUT2D eigenvalue weighted by molar-refractivity contribution is -0.147. The quantitative estimate of drug-likeness (QED) is 0.730. The van der Waals surface area contributed by atoms with Crippen LogP contribution in [0.25, 0.3) is 17.2 Å². The third kappa shape index (κ3) is 4.17. The smallest absolute Gasteiger partial charge is 0.326 e. The van der Waals surface area contributed by atoms with Gasteiger partial charge in [0.1, 0.15) is 11.9 Å². The van der Waals surface area contributed by atoms with E-state index in [9.17, 15) is 23.3 Å². The van der Waals surface area contributed by atoms with Crippen LogP contribution in [0.15, 0.2) is 52.9 Å². The van der Waals surface area contributed by atoms with Crippen LogP contribution in [0.1, 0.15) is 42.9 Å². The molecule has 1 heterocycles. The predicted octanol–water partition coefficient (Wildman–Crippen LogP) is 4.36. The van der Waals surface area contributed by atoms with Gasteiger partial charge in [0.2, 0.25) is 5.91 Å². The van der Waals surface area contributed by atoms with Crippen LogP contribution < -0.4 is 0 Å². The van der Waals surface area contributed by atoms with Crippen LogP contribution in [-0.4, -0.2) is 44.9 Å². The van der Waals surface area contributed by atoms with E-state index < -0.39 is 22.8 Å². The molecule has 1 aliphatic heterocycles. The molecule has 1 saturated heterocycles. The third-order valence-electron chi connectivity index (χ3n) is 6.16. The van der Waals surface area contributed by atoms with Crippen LogP contribution in [0, 0.1) is 5.82 Å². The Morgan fingerprint density at radius 1 is 1.19 bits per heavy atom. The second-order valence-electron chi connectivity index (χ2n) is 8.13. The maximum atomic E-state index is 14.1. The van der Waals surface area contributed by atoms with Gasteiger partial charge < -0.3 is 10.0 Å². The molecular formula is C25H24FNO4S. The molecule has 2 atom stereocenters. The van der Waals surface area contributed by atoms with E-state index in [1.165, 1.54) is 17.0 Å². The van der Waals surface area contributed by atoms with Gasteiger partial charge in [-0.25, -0.2) is 9.18 Å². The van der Waals surface area contributed by atoms with E-state index in [1.54, 1.807) is 12.3 Å². The SMILES string of the molecule is CC1=C(CC(=O)N2CCC[C@H]2C(=O)O)c2cc(F)ccc2C1=Cc1ccc(S(C)=O)cc1. The zero-order valence-electron chi connectivity index (χ0n) is 17.9. The zero-order valence-corrected chi connectivity index (χ0v) is 18.7. The Balaban J connectivity index is 1.71. The largest absolute Gasteiger partial charge is 0.480 e. The second-order valence-corrected chi connectivity index (χ2v) is 9.51. The summed E-state index contributed by atoms with van der Waals surface area (Å²) in [5, 5.41) is 9.42. The second kappa shape index (κ2) is 8.82. The number of carboxylic acid groups (broad SMARTS) is 1. The lowest BCUT2D eigenvalue weighted by atomic mass is 10.0. The van der Waals surface area contributed by atoms with Gasteiger partial charge in [-0.15, -0.1) is 0 Å². The summed E-state index contributed by atoms with van der Waals surface area (Å²) < 4.78 is 25.7. The molecule has 1 amide bonds. The number of carboxylic acids is 1. The van der Waals surface area contributed by atoms with Gasteiger partial charge in [-0.1, -0.05) is 18.2 Å². The average molecular weight is 454 g/mol. The number of carbonyl (C=O) groups is 2. The molecule has 1 N–H and O–H groups in total. The summed E-state index contributed by atoms with van der Waals surface area (Å²) in [6, 6.07) is 11.1. The molecule has 32 heavy (non-hydrogen) atoms. The van der Waals surface area contributed by atoms with E-state index in [-0.39, 0.29) is 18.1 Å². The Morgan fingerprint density at radius 2 is 1.91 bits per heavy atom. The van der Waals surface area contributed by atoms with Crippen molar-refractivity contribution in [1.82, 2.24) is 4.90 Å². The predicted molar refractivity (Wildman–Crippen MR) is 123 cm³/mol. The van der Waals surface area contributed by atoms with Crippen LogP contribution >= 0.6 is 0 Å². The number of allylic oxidation sites excluding steroid dienone is 2. The van der Waals surface area contributed by atoms with E-state index in [4.69, 9.17) is 0 Å². The number of likely N-dealkylation sites (tertiary alicyclic amines) is 1. The van der Waals surface area contributed by atoms with Crippen molar-refractivity contribution in [3.63, 3.8) is 0 Å². The number of fused-ring (bicyclic) bond motifs is 1. The van der Waals surface area contributed by atoms with Crippen molar-refractivity contribution in [1.29, 1.82) is 0 Å². The summed E-state index contributed by atoms with van der Waals surface area (Å²) in [7, 11) is -1.06. The number of aliphatic carboxylic acids is 1. The minimum absolute atomic E-state index is 0.0250. The highest BCUT2D eigenvalue weighted by Crippen LogP contribution is 2.44. The Bertz CT molecular complexity index is 1180. The maximum Gasteiger partial charge on any atom is 0.326 e. The van der Waals surface area contributed by atoms with Crippen molar-refractivity contribution >= 4 is 39.9 Å². The number of carbonyl (C=O) groups excluding carboxylic acids is 1. The van der Waals surface area contributed by atoms with Crippen molar-refractivity contribution in [2.75, 3.05) is 12.8 Å². The lowest BCUT2D eigenvalue weighted by Crippen LogP contribution is -2.40. The third-order valence-corrected chi connectivity index (χ3v) is 7.10. The molecule has 0 bridgehead atoms. The first-order valence-corrected chi connectivity index (χ1v) is 12.0. The van der Waals surface area contributed by atoms with Gasteiger partial charge in [0.25, 0.3) is 0 Å². The number of hydrogen-bond acceptors (Lipinski definition) is 3. The number of hydrogen-bond donors (Lipinski definition) is 1. The van der Waals surface area contributed by atoms with E-state index in [0.717, 1.165) is 32.7 Å². The van der Waals surface area contributed by atoms with Crippen molar-refractivity contribution in [2.24, 2.45) is 0 Å². The van der Waals surface area contributed by atoms with Crippen molar-refractivity contribution in [3.05, 3.63) is 70.5 Å². The molecule has 2 aliphatic rings. The van der Waals surface area contributed by atoms with Crippen LogP contribution in [0.3, 0.4) is 0 Å². The van der Waals surface area contributed by atoms with Crippen LogP contribution in [0.2, 0.25) is 0 Å². The van der Waals surface area contributed by atoms with Crippen LogP contribution in [0.4, 0.5) is 4.39 Å². The van der Waals surface area contributed by atoms with E-state index in [0.29, 0.717) is 24.9 Å². The van der Waals surface area contributed by atoms with E-state index in [2.05, 4.69) is 0 Å². The van der Waals surface area contributed by atoms with Gasteiger partial charge in [0, 0.05) is 28.5 Å².